The van der Waals surface area contributed by atoms with Gasteiger partial charge in [0.2, 0.25) is 0 Å². The molecule has 0 radical (unpaired) electrons. The maximum atomic E-state index is 5.65. The summed E-state index contributed by atoms with van der Waals surface area (Å²) in [5, 5.41) is -0.0325. The highest BCUT2D eigenvalue weighted by Gasteiger charge is 2.10. The van der Waals surface area contributed by atoms with Crippen LogP contribution < -0.4 is 17.2 Å². The molecule has 0 amide bonds. The van der Waals surface area contributed by atoms with Crippen LogP contribution in [0.5, 0.6) is 0 Å². The molecular weight excluding hydrogens is 166 g/mol. The largest absolute Gasteiger partial charge is 0.329 e. The molecule has 0 aromatic carbocycles. The summed E-state index contributed by atoms with van der Waals surface area (Å²) < 4.78 is 0. The zero-order valence-electron chi connectivity index (χ0n) is 6.12. The molecule has 0 heterocycles. The van der Waals surface area contributed by atoms with E-state index in [0.717, 1.165) is 5.75 Å². The molecular formula is C5H15N3S2. The first-order valence-electron chi connectivity index (χ1n) is 3.21. The molecule has 0 aromatic heterocycles. The van der Waals surface area contributed by atoms with Gasteiger partial charge in [0.05, 0.1) is 5.37 Å². The van der Waals surface area contributed by atoms with Crippen molar-refractivity contribution in [2.75, 3.05) is 12.3 Å². The van der Waals surface area contributed by atoms with Crippen LogP contribution in [0.15, 0.2) is 0 Å². The predicted molar refractivity (Wildman–Crippen MR) is 50.7 cm³/mol. The van der Waals surface area contributed by atoms with Crippen molar-refractivity contribution in [2.24, 2.45) is 17.2 Å². The van der Waals surface area contributed by atoms with Gasteiger partial charge in [-0.3, -0.25) is 0 Å². The molecule has 0 aliphatic rings. The third-order valence-electron chi connectivity index (χ3n) is 0.991. The molecule has 0 aromatic rings. The smallest absolute Gasteiger partial charge is 0.0777 e. The lowest BCUT2D eigenvalue weighted by atomic mass is 10.3. The normalized spacial score (nSPS) is 16.8. The molecule has 62 valence electrons. The third kappa shape index (κ3) is 4.40. The minimum Gasteiger partial charge on any atom is -0.329 e. The van der Waals surface area contributed by atoms with Gasteiger partial charge in [-0.2, -0.15) is 0 Å². The minimum atomic E-state index is -0.0796. The first kappa shape index (κ1) is 10.6. The van der Waals surface area contributed by atoms with Gasteiger partial charge in [-0.15, -0.1) is 0 Å². The molecule has 2 unspecified atom stereocenters. The van der Waals surface area contributed by atoms with Crippen LogP contribution in [0.25, 0.3) is 0 Å². The Morgan fingerprint density at radius 2 is 2.00 bits per heavy atom. The van der Waals surface area contributed by atoms with Crippen molar-refractivity contribution in [2.45, 2.75) is 18.3 Å². The summed E-state index contributed by atoms with van der Waals surface area (Å²) >= 11 is 0. The Morgan fingerprint density at radius 3 is 2.40 bits per heavy atom. The van der Waals surface area contributed by atoms with Crippen LogP contribution in [0.3, 0.4) is 0 Å². The molecule has 0 bridgehead atoms. The number of nitrogens with two attached hydrogens (primary N) is 3. The molecule has 6 N–H and O–H groups in total. The van der Waals surface area contributed by atoms with E-state index in [-0.39, 0.29) is 11.4 Å². The van der Waals surface area contributed by atoms with Crippen molar-refractivity contribution >= 4 is 21.6 Å². The van der Waals surface area contributed by atoms with Crippen LogP contribution >= 0.6 is 21.6 Å². The van der Waals surface area contributed by atoms with Crippen LogP contribution in [-0.2, 0) is 0 Å². The fourth-order valence-corrected chi connectivity index (χ4v) is 2.21. The molecule has 0 fully saturated rings. The summed E-state index contributed by atoms with van der Waals surface area (Å²) in [6.45, 7) is 2.54. The van der Waals surface area contributed by atoms with Crippen molar-refractivity contribution in [1.29, 1.82) is 0 Å². The maximum Gasteiger partial charge on any atom is 0.0777 e. The van der Waals surface area contributed by atoms with Gasteiger partial charge < -0.3 is 17.2 Å². The summed E-state index contributed by atoms with van der Waals surface area (Å²) in [4.78, 5) is 0. The molecule has 0 saturated heterocycles. The molecule has 0 aliphatic carbocycles. The molecule has 3 nitrogen and oxygen atoms in total. The van der Waals surface area contributed by atoms with Crippen molar-refractivity contribution in [3.8, 4) is 0 Å². The summed E-state index contributed by atoms with van der Waals surface area (Å²) in [7, 11) is 3.31. The highest BCUT2D eigenvalue weighted by atomic mass is 33.1. The first-order chi connectivity index (χ1) is 4.72. The van der Waals surface area contributed by atoms with Crippen molar-refractivity contribution in [1.82, 2.24) is 0 Å². The fraction of sp³-hybridized carbons (Fsp3) is 1.00. The first-order valence-corrected chi connectivity index (χ1v) is 5.60. The summed E-state index contributed by atoms with van der Waals surface area (Å²) in [6, 6.07) is -0.0796. The SMILES string of the molecule is CCSSC(N)C(N)CN. The maximum absolute atomic E-state index is 5.65. The molecule has 0 spiro atoms. The average Bonchev–Trinajstić information content (AvgIpc) is 1.98. The molecule has 10 heavy (non-hydrogen) atoms. The van der Waals surface area contributed by atoms with Gasteiger partial charge in [0.15, 0.2) is 0 Å². The molecule has 0 saturated carbocycles. The third-order valence-corrected chi connectivity index (χ3v) is 3.72. The zero-order valence-corrected chi connectivity index (χ0v) is 7.75. The van der Waals surface area contributed by atoms with Gasteiger partial charge in [0.25, 0.3) is 0 Å². The Bertz CT molecular complexity index is 81.3. The van der Waals surface area contributed by atoms with E-state index in [1.165, 1.54) is 0 Å². The Morgan fingerprint density at radius 1 is 1.40 bits per heavy atom. The van der Waals surface area contributed by atoms with E-state index in [2.05, 4.69) is 6.92 Å². The van der Waals surface area contributed by atoms with Crippen LogP contribution in [0.2, 0.25) is 0 Å². The van der Waals surface area contributed by atoms with E-state index in [1.807, 2.05) is 0 Å². The minimum absolute atomic E-state index is 0.0325. The van der Waals surface area contributed by atoms with Crippen molar-refractivity contribution in [3.05, 3.63) is 0 Å². The van der Waals surface area contributed by atoms with E-state index in [4.69, 9.17) is 17.2 Å². The Labute approximate surface area is 69.9 Å². The second kappa shape index (κ2) is 6.30. The van der Waals surface area contributed by atoms with Gasteiger partial charge in [0, 0.05) is 18.3 Å². The number of hydrogen-bond donors (Lipinski definition) is 3. The Hall–Kier alpha value is 0.580. The quantitative estimate of drug-likeness (QED) is 0.410. The Balaban J connectivity index is 3.31. The second-order valence-electron chi connectivity index (χ2n) is 1.87. The van der Waals surface area contributed by atoms with Gasteiger partial charge >= 0.3 is 0 Å². The lowest BCUT2D eigenvalue weighted by molar-refractivity contribution is 0.660. The molecule has 0 aliphatic heterocycles. The standard InChI is InChI=1S/C5H15N3S2/c1-2-9-10-5(8)4(7)3-6/h4-5H,2-3,6-8H2,1H3. The van der Waals surface area contributed by atoms with Crippen LogP contribution in [-0.4, -0.2) is 23.7 Å². The van der Waals surface area contributed by atoms with Gasteiger partial charge in [-0.25, -0.2) is 0 Å². The van der Waals surface area contributed by atoms with Gasteiger partial charge in [0.1, 0.15) is 0 Å². The van der Waals surface area contributed by atoms with Crippen LogP contribution in [0.4, 0.5) is 0 Å². The van der Waals surface area contributed by atoms with E-state index < -0.39 is 0 Å². The lowest BCUT2D eigenvalue weighted by Crippen LogP contribution is -2.43. The second-order valence-corrected chi connectivity index (χ2v) is 4.70. The summed E-state index contributed by atoms with van der Waals surface area (Å²) in [5.41, 5.74) is 16.5. The Kier molecular flexibility index (Phi) is 6.67. The van der Waals surface area contributed by atoms with Gasteiger partial charge in [-0.1, -0.05) is 28.5 Å². The van der Waals surface area contributed by atoms with Crippen molar-refractivity contribution < 1.29 is 0 Å². The van der Waals surface area contributed by atoms with E-state index in [0.29, 0.717) is 6.54 Å². The van der Waals surface area contributed by atoms with Crippen LogP contribution in [0.1, 0.15) is 6.92 Å². The van der Waals surface area contributed by atoms with Crippen LogP contribution in [0, 0.1) is 0 Å². The highest BCUT2D eigenvalue weighted by molar-refractivity contribution is 8.76. The summed E-state index contributed by atoms with van der Waals surface area (Å²) in [6.07, 6.45) is 0. The molecule has 5 heteroatoms. The van der Waals surface area contributed by atoms with Gasteiger partial charge in [-0.05, 0) is 0 Å². The van der Waals surface area contributed by atoms with Crippen molar-refractivity contribution in [3.63, 3.8) is 0 Å². The monoisotopic (exact) mass is 181 g/mol. The number of hydrogen-bond acceptors (Lipinski definition) is 5. The molecule has 0 rings (SSSR count). The average molecular weight is 181 g/mol. The predicted octanol–water partition coefficient (Wildman–Crippen LogP) is -0.0415. The number of rotatable bonds is 5. The molecule has 2 atom stereocenters. The van der Waals surface area contributed by atoms with E-state index in [1.54, 1.807) is 21.6 Å². The fourth-order valence-electron chi connectivity index (χ4n) is 0.352. The lowest BCUT2D eigenvalue weighted by Gasteiger charge is -2.15. The highest BCUT2D eigenvalue weighted by Crippen LogP contribution is 2.24. The van der Waals surface area contributed by atoms with E-state index >= 15 is 0 Å². The topological polar surface area (TPSA) is 78.1 Å². The van der Waals surface area contributed by atoms with E-state index in [9.17, 15) is 0 Å². The zero-order chi connectivity index (χ0) is 7.98. The summed E-state index contributed by atoms with van der Waals surface area (Å²) in [5.74, 6) is 1.05.